The Balaban J connectivity index is 1.90. The van der Waals surface area contributed by atoms with Crippen LogP contribution in [0.2, 0.25) is 0 Å². The number of aromatic nitrogens is 2. The van der Waals surface area contributed by atoms with Gasteiger partial charge in [0, 0.05) is 11.0 Å². The number of carbonyl (C=O) groups excluding carboxylic acids is 2. The van der Waals surface area contributed by atoms with E-state index in [1.54, 1.807) is 0 Å². The number of rotatable bonds is 2. The second kappa shape index (κ2) is 6.36. The molecule has 0 radical (unpaired) electrons. The van der Waals surface area contributed by atoms with E-state index in [2.05, 4.69) is 20.6 Å². The van der Waals surface area contributed by atoms with Gasteiger partial charge in [-0.3, -0.25) is 9.59 Å². The second-order valence-electron chi connectivity index (χ2n) is 7.03. The lowest BCUT2D eigenvalue weighted by Gasteiger charge is -2.27. The van der Waals surface area contributed by atoms with Crippen LogP contribution in [0.1, 0.15) is 43.8 Å². The Morgan fingerprint density at radius 2 is 1.92 bits per heavy atom. The number of benzene rings is 1. The topological polar surface area (TPSA) is 86.9 Å². The van der Waals surface area contributed by atoms with Gasteiger partial charge in [-0.1, -0.05) is 20.8 Å². The highest BCUT2D eigenvalue weighted by molar-refractivity contribution is 6.07. The molecule has 1 aromatic carbocycles. The van der Waals surface area contributed by atoms with E-state index in [-0.39, 0.29) is 16.7 Å². The van der Waals surface area contributed by atoms with Gasteiger partial charge in [0.1, 0.15) is 17.3 Å². The van der Waals surface area contributed by atoms with Crippen molar-refractivity contribution in [3.8, 4) is 0 Å². The summed E-state index contributed by atoms with van der Waals surface area (Å²) in [7, 11) is 0. The molecule has 6 nitrogen and oxygen atoms in total. The quantitative estimate of drug-likeness (QED) is 0.719. The summed E-state index contributed by atoms with van der Waals surface area (Å²) in [5, 5.41) is 5.03. The van der Waals surface area contributed by atoms with E-state index < -0.39 is 29.5 Å². The van der Waals surface area contributed by atoms with Gasteiger partial charge in [0.25, 0.3) is 11.8 Å². The number of carbonyl (C=O) groups is 2. The van der Waals surface area contributed by atoms with Gasteiger partial charge >= 0.3 is 0 Å². The van der Waals surface area contributed by atoms with Crippen molar-refractivity contribution in [3.63, 3.8) is 0 Å². The molecule has 26 heavy (non-hydrogen) atoms. The normalized spacial score (nSPS) is 19.4. The maximum absolute atomic E-state index is 13.8. The Labute approximate surface area is 148 Å². The minimum atomic E-state index is -0.950. The number of nitrogens with one attached hydrogen (secondary N) is 3. The SMILES string of the molecule is CC(C)(C)c1nc[nH]c1C1NC(=O)/C(=C/c2cc(F)ccc2F)NC1=O. The molecule has 1 aliphatic heterocycles. The van der Waals surface area contributed by atoms with Crippen molar-refractivity contribution in [1.29, 1.82) is 0 Å². The molecule has 1 atom stereocenters. The van der Waals surface area contributed by atoms with E-state index in [1.807, 2.05) is 20.8 Å². The summed E-state index contributed by atoms with van der Waals surface area (Å²) in [6.45, 7) is 5.81. The molecular weight excluding hydrogens is 342 g/mol. The molecule has 2 amide bonds. The third-order valence-electron chi connectivity index (χ3n) is 3.97. The van der Waals surface area contributed by atoms with Crippen molar-refractivity contribution in [2.24, 2.45) is 0 Å². The largest absolute Gasteiger partial charge is 0.346 e. The summed E-state index contributed by atoms with van der Waals surface area (Å²) in [5.41, 5.74) is 0.514. The van der Waals surface area contributed by atoms with Crippen LogP contribution < -0.4 is 10.6 Å². The number of imidazole rings is 1. The lowest BCUT2D eigenvalue weighted by atomic mass is 9.88. The number of nitrogens with zero attached hydrogens (tertiary/aromatic N) is 1. The summed E-state index contributed by atoms with van der Waals surface area (Å²) < 4.78 is 27.0. The zero-order chi connectivity index (χ0) is 19.1. The molecule has 3 N–H and O–H groups in total. The Morgan fingerprint density at radius 3 is 2.62 bits per heavy atom. The van der Waals surface area contributed by atoms with Crippen LogP contribution in [0, 0.1) is 11.6 Å². The molecule has 3 rings (SSSR count). The van der Waals surface area contributed by atoms with Gasteiger partial charge in [-0.05, 0) is 24.3 Å². The first-order valence-electron chi connectivity index (χ1n) is 7.99. The van der Waals surface area contributed by atoms with E-state index in [4.69, 9.17) is 0 Å². The molecule has 0 bridgehead atoms. The van der Waals surface area contributed by atoms with Crippen LogP contribution in [0.5, 0.6) is 0 Å². The van der Waals surface area contributed by atoms with Gasteiger partial charge in [-0.15, -0.1) is 0 Å². The summed E-state index contributed by atoms with van der Waals surface area (Å²) in [5.74, 6) is -2.45. The molecule has 0 saturated carbocycles. The number of piperazine rings is 1. The summed E-state index contributed by atoms with van der Waals surface area (Å²) in [6, 6.07) is 1.92. The number of hydrogen-bond donors (Lipinski definition) is 3. The standard InChI is InChI=1S/C18H18F2N4O2/c1-18(2,3)15-13(21-8-22-15)14-17(26)23-12(16(25)24-14)7-9-6-10(19)4-5-11(9)20/h4-8,14H,1-3H3,(H,21,22)(H,23,26)(H,24,25)/b12-7-. The Hall–Kier alpha value is -3.03. The third-order valence-corrected chi connectivity index (χ3v) is 3.97. The van der Waals surface area contributed by atoms with Gasteiger partial charge in [-0.25, -0.2) is 13.8 Å². The molecule has 1 saturated heterocycles. The Morgan fingerprint density at radius 1 is 1.19 bits per heavy atom. The van der Waals surface area contributed by atoms with Crippen molar-refractivity contribution in [2.45, 2.75) is 32.2 Å². The summed E-state index contributed by atoms with van der Waals surface area (Å²) >= 11 is 0. The average Bonchev–Trinajstić information content (AvgIpc) is 3.03. The highest BCUT2D eigenvalue weighted by atomic mass is 19.1. The monoisotopic (exact) mass is 360 g/mol. The first kappa shape index (κ1) is 17.8. The first-order chi connectivity index (χ1) is 12.2. The minimum absolute atomic E-state index is 0.133. The summed E-state index contributed by atoms with van der Waals surface area (Å²) in [4.78, 5) is 32.0. The molecule has 1 aliphatic rings. The van der Waals surface area contributed by atoms with E-state index in [9.17, 15) is 18.4 Å². The fourth-order valence-corrected chi connectivity index (χ4v) is 2.74. The molecule has 8 heteroatoms. The van der Waals surface area contributed by atoms with Crippen molar-refractivity contribution in [1.82, 2.24) is 20.6 Å². The molecule has 2 heterocycles. The number of hydrogen-bond acceptors (Lipinski definition) is 3. The van der Waals surface area contributed by atoms with Gasteiger partial charge < -0.3 is 15.6 Å². The lowest BCUT2D eigenvalue weighted by Crippen LogP contribution is -2.50. The first-order valence-corrected chi connectivity index (χ1v) is 7.99. The number of amides is 2. The lowest BCUT2D eigenvalue weighted by molar-refractivity contribution is -0.131. The third kappa shape index (κ3) is 3.35. The second-order valence-corrected chi connectivity index (χ2v) is 7.03. The molecule has 1 aromatic heterocycles. The molecule has 1 fully saturated rings. The predicted molar refractivity (Wildman–Crippen MR) is 90.6 cm³/mol. The van der Waals surface area contributed by atoms with Gasteiger partial charge in [0.15, 0.2) is 6.04 Å². The van der Waals surface area contributed by atoms with Crippen molar-refractivity contribution in [2.75, 3.05) is 0 Å². The van der Waals surface area contributed by atoms with E-state index >= 15 is 0 Å². The molecule has 2 aromatic rings. The Kier molecular flexibility index (Phi) is 4.35. The smallest absolute Gasteiger partial charge is 0.268 e. The van der Waals surface area contributed by atoms with Gasteiger partial charge in [0.2, 0.25) is 0 Å². The van der Waals surface area contributed by atoms with E-state index in [0.717, 1.165) is 24.3 Å². The number of aromatic amines is 1. The molecule has 136 valence electrons. The maximum atomic E-state index is 13.8. The number of H-pyrrole nitrogens is 1. The van der Waals surface area contributed by atoms with Crippen molar-refractivity contribution < 1.29 is 18.4 Å². The van der Waals surface area contributed by atoms with Crippen LogP contribution in [0.25, 0.3) is 6.08 Å². The van der Waals surface area contributed by atoms with Crippen molar-refractivity contribution in [3.05, 3.63) is 58.8 Å². The fourth-order valence-electron chi connectivity index (χ4n) is 2.74. The maximum Gasteiger partial charge on any atom is 0.268 e. The van der Waals surface area contributed by atoms with Gasteiger partial charge in [0.05, 0.1) is 17.7 Å². The fraction of sp³-hybridized carbons (Fsp3) is 0.278. The zero-order valence-corrected chi connectivity index (χ0v) is 14.5. The minimum Gasteiger partial charge on any atom is -0.346 e. The van der Waals surface area contributed by atoms with Crippen LogP contribution in [0.4, 0.5) is 8.78 Å². The highest BCUT2D eigenvalue weighted by Crippen LogP contribution is 2.28. The van der Waals surface area contributed by atoms with Gasteiger partial charge in [-0.2, -0.15) is 0 Å². The van der Waals surface area contributed by atoms with Crippen LogP contribution in [0.15, 0.2) is 30.2 Å². The van der Waals surface area contributed by atoms with Crippen LogP contribution in [-0.2, 0) is 15.0 Å². The Bertz CT molecular complexity index is 912. The molecule has 0 spiro atoms. The highest BCUT2D eigenvalue weighted by Gasteiger charge is 2.36. The van der Waals surface area contributed by atoms with E-state index in [0.29, 0.717) is 11.4 Å². The summed E-state index contributed by atoms with van der Waals surface area (Å²) in [6.07, 6.45) is 2.56. The average molecular weight is 360 g/mol. The molecular formula is C18H18F2N4O2. The van der Waals surface area contributed by atoms with Crippen molar-refractivity contribution >= 4 is 17.9 Å². The zero-order valence-electron chi connectivity index (χ0n) is 14.5. The predicted octanol–water partition coefficient (Wildman–Crippen LogP) is 2.31. The molecule has 0 aliphatic carbocycles. The van der Waals surface area contributed by atoms with Crippen LogP contribution in [-0.4, -0.2) is 21.8 Å². The van der Waals surface area contributed by atoms with E-state index in [1.165, 1.54) is 6.33 Å². The van der Waals surface area contributed by atoms with Crippen LogP contribution >= 0.6 is 0 Å². The van der Waals surface area contributed by atoms with Crippen LogP contribution in [0.3, 0.4) is 0 Å². The molecule has 1 unspecified atom stereocenters. The number of halogens is 2.